The number of hydrogen-bond acceptors (Lipinski definition) is 6. The minimum absolute atomic E-state index is 0.0920. The molecule has 0 aliphatic carbocycles. The van der Waals surface area contributed by atoms with Crippen molar-refractivity contribution in [1.82, 2.24) is 0 Å². The number of halogens is 1. The molecule has 0 aliphatic rings. The summed E-state index contributed by atoms with van der Waals surface area (Å²) in [5.41, 5.74) is -0.196. The highest BCUT2D eigenvalue weighted by Gasteiger charge is 2.19. The third-order valence-electron chi connectivity index (χ3n) is 3.21. The van der Waals surface area contributed by atoms with Gasteiger partial charge < -0.3 is 0 Å². The molecule has 2 N–H and O–H groups in total. The van der Waals surface area contributed by atoms with E-state index < -0.39 is 41.4 Å². The standard InChI is InChI=1S/C14H14FN3O6S2/c1-9-7-10(18(19)20)3-5-13(9)17-26(23,24)11-4-6-14(12(15)8-11)16-25(2,21)22/h3-8,16-17H,1-2H3. The van der Waals surface area contributed by atoms with Crippen LogP contribution in [0.3, 0.4) is 0 Å². The zero-order valence-electron chi connectivity index (χ0n) is 13.6. The van der Waals surface area contributed by atoms with Crippen LogP contribution in [-0.4, -0.2) is 28.0 Å². The first-order valence-corrected chi connectivity index (χ1v) is 10.3. The highest BCUT2D eigenvalue weighted by Crippen LogP contribution is 2.25. The molecule has 12 heteroatoms. The van der Waals surface area contributed by atoms with E-state index in [4.69, 9.17) is 0 Å². The van der Waals surface area contributed by atoms with Crippen LogP contribution >= 0.6 is 0 Å². The van der Waals surface area contributed by atoms with Gasteiger partial charge in [0.25, 0.3) is 15.7 Å². The average molecular weight is 403 g/mol. The van der Waals surface area contributed by atoms with Gasteiger partial charge in [0.05, 0.1) is 27.4 Å². The summed E-state index contributed by atoms with van der Waals surface area (Å²) in [6.45, 7) is 1.48. The van der Waals surface area contributed by atoms with Crippen molar-refractivity contribution in [2.75, 3.05) is 15.7 Å². The van der Waals surface area contributed by atoms with Crippen molar-refractivity contribution in [3.05, 3.63) is 57.9 Å². The molecule has 0 aliphatic heterocycles. The van der Waals surface area contributed by atoms with Crippen LogP contribution < -0.4 is 9.44 Å². The second kappa shape index (κ2) is 6.88. The number of aryl methyl sites for hydroxylation is 1. The molecule has 0 fully saturated rings. The van der Waals surface area contributed by atoms with Crippen LogP contribution in [0.5, 0.6) is 0 Å². The maximum Gasteiger partial charge on any atom is 0.269 e. The van der Waals surface area contributed by atoms with E-state index in [1.807, 2.05) is 4.72 Å². The number of nitro benzene ring substituents is 1. The predicted octanol–water partition coefficient (Wildman–Crippen LogP) is 2.21. The Bertz CT molecular complexity index is 1080. The van der Waals surface area contributed by atoms with Crippen LogP contribution in [0.25, 0.3) is 0 Å². The molecule has 0 amide bonds. The lowest BCUT2D eigenvalue weighted by atomic mass is 10.2. The lowest BCUT2D eigenvalue weighted by Gasteiger charge is -2.12. The fourth-order valence-electron chi connectivity index (χ4n) is 2.03. The van der Waals surface area contributed by atoms with Crippen LogP contribution in [0, 0.1) is 22.9 Å². The Morgan fingerprint density at radius 1 is 1.00 bits per heavy atom. The van der Waals surface area contributed by atoms with E-state index in [1.165, 1.54) is 19.1 Å². The van der Waals surface area contributed by atoms with Gasteiger partial charge in [-0.1, -0.05) is 0 Å². The van der Waals surface area contributed by atoms with Gasteiger partial charge in [-0.05, 0) is 36.8 Å². The van der Waals surface area contributed by atoms with E-state index in [0.29, 0.717) is 11.6 Å². The molecule has 0 unspecified atom stereocenters. The zero-order valence-corrected chi connectivity index (χ0v) is 15.2. The lowest BCUT2D eigenvalue weighted by Crippen LogP contribution is -2.15. The summed E-state index contributed by atoms with van der Waals surface area (Å²) in [7, 11) is -7.91. The third kappa shape index (κ3) is 4.67. The van der Waals surface area contributed by atoms with E-state index in [0.717, 1.165) is 24.5 Å². The van der Waals surface area contributed by atoms with Gasteiger partial charge in [0.1, 0.15) is 5.82 Å². The highest BCUT2D eigenvalue weighted by molar-refractivity contribution is 7.92. The normalized spacial score (nSPS) is 11.8. The van der Waals surface area contributed by atoms with E-state index >= 15 is 0 Å². The van der Waals surface area contributed by atoms with E-state index in [2.05, 4.69) is 4.72 Å². The Labute approximate surface area is 149 Å². The van der Waals surface area contributed by atoms with E-state index in [9.17, 15) is 31.3 Å². The Morgan fingerprint density at radius 2 is 1.62 bits per heavy atom. The molecule has 0 bridgehead atoms. The Kier molecular flexibility index (Phi) is 5.18. The first-order chi connectivity index (χ1) is 11.9. The first-order valence-electron chi connectivity index (χ1n) is 6.94. The van der Waals surface area contributed by atoms with Gasteiger partial charge in [0, 0.05) is 12.1 Å². The lowest BCUT2D eigenvalue weighted by molar-refractivity contribution is -0.384. The van der Waals surface area contributed by atoms with Crippen molar-refractivity contribution in [1.29, 1.82) is 0 Å². The molecule has 2 aromatic rings. The molecule has 0 spiro atoms. The van der Waals surface area contributed by atoms with Crippen LogP contribution in [0.2, 0.25) is 0 Å². The van der Waals surface area contributed by atoms with Gasteiger partial charge in [0.15, 0.2) is 0 Å². The van der Waals surface area contributed by atoms with Gasteiger partial charge in [-0.2, -0.15) is 0 Å². The molecule has 140 valence electrons. The Hall–Kier alpha value is -2.73. The van der Waals surface area contributed by atoms with Crippen LogP contribution in [0.15, 0.2) is 41.3 Å². The van der Waals surface area contributed by atoms with E-state index in [1.54, 1.807) is 0 Å². The van der Waals surface area contributed by atoms with Gasteiger partial charge in [-0.3, -0.25) is 19.6 Å². The van der Waals surface area contributed by atoms with Crippen LogP contribution in [0.4, 0.5) is 21.5 Å². The summed E-state index contributed by atoms with van der Waals surface area (Å²) >= 11 is 0. The van der Waals surface area contributed by atoms with Crippen molar-refractivity contribution >= 4 is 37.1 Å². The van der Waals surface area contributed by atoms with Crippen molar-refractivity contribution in [3.8, 4) is 0 Å². The number of anilines is 2. The van der Waals surface area contributed by atoms with Crippen molar-refractivity contribution in [3.63, 3.8) is 0 Å². The number of hydrogen-bond donors (Lipinski definition) is 2. The largest absolute Gasteiger partial charge is 0.281 e. The first kappa shape index (κ1) is 19.6. The smallest absolute Gasteiger partial charge is 0.269 e. The summed E-state index contributed by atoms with van der Waals surface area (Å²) in [5.74, 6) is -1.07. The molecule has 0 saturated heterocycles. The maximum atomic E-state index is 14.0. The number of nitrogens with one attached hydrogen (secondary N) is 2. The van der Waals surface area contributed by atoms with Gasteiger partial charge in [-0.25, -0.2) is 21.2 Å². The molecule has 0 saturated carbocycles. The molecule has 0 heterocycles. The molecule has 0 aromatic heterocycles. The summed E-state index contributed by atoms with van der Waals surface area (Å²) in [4.78, 5) is 9.66. The summed E-state index contributed by atoms with van der Waals surface area (Å²) in [6, 6.07) is 6.22. The molecule has 2 rings (SSSR count). The topological polar surface area (TPSA) is 135 Å². The molecular formula is C14H14FN3O6S2. The van der Waals surface area contributed by atoms with Crippen molar-refractivity contribution < 1.29 is 26.1 Å². The minimum atomic E-state index is -4.19. The molecule has 26 heavy (non-hydrogen) atoms. The van der Waals surface area contributed by atoms with E-state index in [-0.39, 0.29) is 11.4 Å². The fourth-order valence-corrected chi connectivity index (χ4v) is 3.73. The van der Waals surface area contributed by atoms with Gasteiger partial charge in [-0.15, -0.1) is 0 Å². The maximum absolute atomic E-state index is 14.0. The van der Waals surface area contributed by atoms with Crippen molar-refractivity contribution in [2.45, 2.75) is 11.8 Å². The second-order valence-electron chi connectivity index (χ2n) is 5.38. The highest BCUT2D eigenvalue weighted by atomic mass is 32.2. The van der Waals surface area contributed by atoms with Gasteiger partial charge >= 0.3 is 0 Å². The number of non-ortho nitro benzene ring substituents is 1. The zero-order chi connectivity index (χ0) is 19.7. The molecule has 0 radical (unpaired) electrons. The van der Waals surface area contributed by atoms with Crippen molar-refractivity contribution in [2.24, 2.45) is 0 Å². The fraction of sp³-hybridized carbons (Fsp3) is 0.143. The number of benzene rings is 2. The summed E-state index contributed by atoms with van der Waals surface area (Å²) < 4.78 is 65.1. The van der Waals surface area contributed by atoms with Gasteiger partial charge in [0.2, 0.25) is 10.0 Å². The third-order valence-corrected chi connectivity index (χ3v) is 5.17. The minimum Gasteiger partial charge on any atom is -0.281 e. The Balaban J connectivity index is 2.33. The monoisotopic (exact) mass is 403 g/mol. The number of nitrogens with zero attached hydrogens (tertiary/aromatic N) is 1. The second-order valence-corrected chi connectivity index (χ2v) is 8.81. The van der Waals surface area contributed by atoms with Crippen LogP contribution in [0.1, 0.15) is 5.56 Å². The SMILES string of the molecule is Cc1cc([N+](=O)[O-])ccc1NS(=O)(=O)c1ccc(NS(C)(=O)=O)c(F)c1. The van der Waals surface area contributed by atoms with Crippen LogP contribution in [-0.2, 0) is 20.0 Å². The summed E-state index contributed by atoms with van der Waals surface area (Å²) in [5, 5.41) is 10.7. The molecule has 9 nitrogen and oxygen atoms in total. The predicted molar refractivity (Wildman–Crippen MR) is 93.5 cm³/mol. The quantitative estimate of drug-likeness (QED) is 0.561. The number of rotatable bonds is 6. The molecular weight excluding hydrogens is 389 g/mol. The Morgan fingerprint density at radius 3 is 2.12 bits per heavy atom. The molecule has 2 aromatic carbocycles. The summed E-state index contributed by atoms with van der Waals surface area (Å²) in [6.07, 6.45) is 0.829. The average Bonchev–Trinajstić information content (AvgIpc) is 2.49. The molecule has 0 atom stereocenters. The number of sulfonamides is 2. The number of nitro groups is 1.